The summed E-state index contributed by atoms with van der Waals surface area (Å²) in [6.45, 7) is 0.908. The first kappa shape index (κ1) is 17.5. The topological polar surface area (TPSA) is 54.0 Å². The van der Waals surface area contributed by atoms with Crippen molar-refractivity contribution < 1.29 is 18.0 Å². The van der Waals surface area contributed by atoms with Gasteiger partial charge in [0.1, 0.15) is 5.82 Å². The van der Waals surface area contributed by atoms with Crippen LogP contribution in [0.2, 0.25) is 0 Å². The van der Waals surface area contributed by atoms with E-state index in [0.29, 0.717) is 12.1 Å². The number of hydrogen-bond donors (Lipinski definition) is 2. The van der Waals surface area contributed by atoms with Gasteiger partial charge in [-0.25, -0.2) is 4.98 Å². The van der Waals surface area contributed by atoms with Gasteiger partial charge in [0.2, 0.25) is 5.91 Å². The smallest absolute Gasteiger partial charge is 0.370 e. The molecular formula is C18H20F3N3O. The molecule has 1 aliphatic heterocycles. The molecule has 7 heteroatoms. The quantitative estimate of drug-likeness (QED) is 0.871. The molecule has 0 bridgehead atoms. The summed E-state index contributed by atoms with van der Waals surface area (Å²) >= 11 is 0. The number of nitrogens with one attached hydrogen (secondary N) is 2. The number of anilines is 1. The largest absolute Gasteiger partial charge is 0.412 e. The third kappa shape index (κ3) is 4.61. The Kier molecular flexibility index (Phi) is 5.11. The lowest BCUT2D eigenvalue weighted by molar-refractivity contribution is -0.120. The van der Waals surface area contributed by atoms with E-state index in [-0.39, 0.29) is 25.2 Å². The number of rotatable bonds is 4. The number of amides is 1. The molecule has 0 saturated carbocycles. The van der Waals surface area contributed by atoms with Crippen molar-refractivity contribution in [3.63, 3.8) is 0 Å². The molecule has 3 rings (SSSR count). The minimum absolute atomic E-state index is 0.104. The standard InChI is InChI=1S/C18H20F3N3O/c19-18(20,21)13-4-7-14(8-5-13)23-16(25)10-9-15-6-3-12-2-1-11-22-17(12)24-15/h3-4,6-7H,1-2,5,8-11H2,(H,22,24)(H,23,25). The number of carbonyl (C=O) groups is 1. The summed E-state index contributed by atoms with van der Waals surface area (Å²) in [7, 11) is 0. The van der Waals surface area contributed by atoms with Gasteiger partial charge >= 0.3 is 6.18 Å². The lowest BCUT2D eigenvalue weighted by Gasteiger charge is -2.18. The number of alkyl halides is 3. The van der Waals surface area contributed by atoms with Gasteiger partial charge in [0.05, 0.1) is 0 Å². The number of halogens is 3. The van der Waals surface area contributed by atoms with Crippen LogP contribution < -0.4 is 10.6 Å². The van der Waals surface area contributed by atoms with E-state index in [9.17, 15) is 18.0 Å². The second-order valence-corrected chi connectivity index (χ2v) is 6.27. The SMILES string of the molecule is O=C(CCc1ccc2c(n1)NCCC2)NC1=CC=C(C(F)(F)F)CC1. The van der Waals surface area contributed by atoms with E-state index in [2.05, 4.69) is 15.6 Å². The van der Waals surface area contributed by atoms with Crippen molar-refractivity contribution in [2.24, 2.45) is 0 Å². The Bertz CT molecular complexity index is 723. The maximum atomic E-state index is 12.6. The Balaban J connectivity index is 1.52. The number of carbonyl (C=O) groups excluding carboxylic acids is 1. The molecule has 1 amide bonds. The van der Waals surface area contributed by atoms with Gasteiger partial charge in [-0.2, -0.15) is 13.2 Å². The minimum atomic E-state index is -4.29. The molecule has 0 fully saturated rings. The van der Waals surface area contributed by atoms with Gasteiger partial charge in [0.25, 0.3) is 0 Å². The summed E-state index contributed by atoms with van der Waals surface area (Å²) in [6, 6.07) is 3.96. The van der Waals surface area contributed by atoms with Crippen molar-refractivity contribution in [3.8, 4) is 0 Å². The Morgan fingerprint density at radius 1 is 1.20 bits per heavy atom. The van der Waals surface area contributed by atoms with Crippen LogP contribution in [0.25, 0.3) is 0 Å². The zero-order valence-corrected chi connectivity index (χ0v) is 13.7. The first-order valence-corrected chi connectivity index (χ1v) is 8.41. The van der Waals surface area contributed by atoms with E-state index in [0.717, 1.165) is 37.0 Å². The number of hydrogen-bond acceptors (Lipinski definition) is 3. The fourth-order valence-corrected chi connectivity index (χ4v) is 2.97. The molecule has 0 atom stereocenters. The van der Waals surface area contributed by atoms with E-state index in [4.69, 9.17) is 0 Å². The van der Waals surface area contributed by atoms with Crippen LogP contribution in [-0.4, -0.2) is 23.6 Å². The van der Waals surface area contributed by atoms with E-state index < -0.39 is 11.7 Å². The number of aryl methyl sites for hydroxylation is 2. The van der Waals surface area contributed by atoms with E-state index in [1.807, 2.05) is 12.1 Å². The third-order valence-electron chi connectivity index (χ3n) is 4.37. The summed E-state index contributed by atoms with van der Waals surface area (Å²) in [5, 5.41) is 5.94. The third-order valence-corrected chi connectivity index (χ3v) is 4.37. The van der Waals surface area contributed by atoms with E-state index in [1.165, 1.54) is 11.6 Å². The van der Waals surface area contributed by atoms with Crippen molar-refractivity contribution in [1.29, 1.82) is 0 Å². The van der Waals surface area contributed by atoms with E-state index >= 15 is 0 Å². The molecule has 0 saturated heterocycles. The van der Waals surface area contributed by atoms with Gasteiger partial charge in [0.15, 0.2) is 0 Å². The summed E-state index contributed by atoms with van der Waals surface area (Å²) in [5.41, 5.74) is 1.99. The van der Waals surface area contributed by atoms with Crippen LogP contribution in [0, 0.1) is 0 Å². The summed E-state index contributed by atoms with van der Waals surface area (Å²) in [4.78, 5) is 16.5. The lowest BCUT2D eigenvalue weighted by atomic mass is 10.0. The molecular weight excluding hydrogens is 331 g/mol. The molecule has 2 N–H and O–H groups in total. The van der Waals surface area contributed by atoms with Crippen LogP contribution in [0.3, 0.4) is 0 Å². The maximum absolute atomic E-state index is 12.6. The second-order valence-electron chi connectivity index (χ2n) is 6.27. The molecule has 4 nitrogen and oxygen atoms in total. The normalized spacial score (nSPS) is 17.1. The molecule has 1 aromatic heterocycles. The summed E-state index contributed by atoms with van der Waals surface area (Å²) < 4.78 is 37.7. The van der Waals surface area contributed by atoms with E-state index in [1.54, 1.807) is 0 Å². The average molecular weight is 351 g/mol. The van der Waals surface area contributed by atoms with Crippen LogP contribution in [0.4, 0.5) is 19.0 Å². The minimum Gasteiger partial charge on any atom is -0.370 e. The van der Waals surface area contributed by atoms with Crippen LogP contribution in [0.15, 0.2) is 35.6 Å². The van der Waals surface area contributed by atoms with Crippen LogP contribution in [0.5, 0.6) is 0 Å². The van der Waals surface area contributed by atoms with Crippen molar-refractivity contribution >= 4 is 11.7 Å². The second kappa shape index (κ2) is 7.29. The summed E-state index contributed by atoms with van der Waals surface area (Å²) in [5.74, 6) is 0.687. The number of aromatic nitrogens is 1. The predicted molar refractivity (Wildman–Crippen MR) is 89.0 cm³/mol. The monoisotopic (exact) mass is 351 g/mol. The van der Waals surface area contributed by atoms with Crippen LogP contribution in [-0.2, 0) is 17.6 Å². The molecule has 25 heavy (non-hydrogen) atoms. The molecule has 1 aromatic rings. The van der Waals surface area contributed by atoms with Gasteiger partial charge in [-0.15, -0.1) is 0 Å². The fourth-order valence-electron chi connectivity index (χ4n) is 2.97. The average Bonchev–Trinajstić information content (AvgIpc) is 2.59. The Hall–Kier alpha value is -2.31. The predicted octanol–water partition coefficient (Wildman–Crippen LogP) is 3.65. The first-order chi connectivity index (χ1) is 11.9. The molecule has 0 aromatic carbocycles. The maximum Gasteiger partial charge on any atom is 0.412 e. The van der Waals surface area contributed by atoms with Crippen LogP contribution >= 0.6 is 0 Å². The lowest BCUT2D eigenvalue weighted by Crippen LogP contribution is -2.25. The van der Waals surface area contributed by atoms with Crippen LogP contribution in [0.1, 0.15) is 36.9 Å². The zero-order chi connectivity index (χ0) is 17.9. The highest BCUT2D eigenvalue weighted by molar-refractivity contribution is 5.78. The molecule has 0 unspecified atom stereocenters. The number of fused-ring (bicyclic) bond motifs is 1. The number of pyridine rings is 1. The van der Waals surface area contributed by atoms with Gasteiger partial charge in [-0.3, -0.25) is 4.79 Å². The Labute approximate surface area is 144 Å². The first-order valence-electron chi connectivity index (χ1n) is 8.41. The van der Waals surface area contributed by atoms with Crippen molar-refractivity contribution in [2.45, 2.75) is 44.7 Å². The molecule has 1 aliphatic carbocycles. The van der Waals surface area contributed by atoms with Crippen molar-refractivity contribution in [3.05, 3.63) is 46.8 Å². The van der Waals surface area contributed by atoms with Gasteiger partial charge in [-0.1, -0.05) is 12.1 Å². The zero-order valence-electron chi connectivity index (χ0n) is 13.7. The van der Waals surface area contributed by atoms with Gasteiger partial charge in [-0.05, 0) is 49.8 Å². The molecule has 0 spiro atoms. The van der Waals surface area contributed by atoms with Gasteiger partial charge < -0.3 is 10.6 Å². The number of allylic oxidation sites excluding steroid dienone is 4. The summed E-state index contributed by atoms with van der Waals surface area (Å²) in [6.07, 6.45) is 1.02. The number of nitrogens with zero attached hydrogens (tertiary/aromatic N) is 1. The molecule has 0 radical (unpaired) electrons. The Morgan fingerprint density at radius 3 is 2.76 bits per heavy atom. The van der Waals surface area contributed by atoms with Gasteiger partial charge in [0, 0.05) is 29.9 Å². The molecule has 2 heterocycles. The van der Waals surface area contributed by atoms with Crippen molar-refractivity contribution in [1.82, 2.24) is 10.3 Å². The fraction of sp³-hybridized carbons (Fsp3) is 0.444. The molecule has 134 valence electrons. The highest BCUT2D eigenvalue weighted by Crippen LogP contribution is 2.32. The molecule has 2 aliphatic rings. The highest BCUT2D eigenvalue weighted by Gasteiger charge is 2.33. The highest BCUT2D eigenvalue weighted by atomic mass is 19.4. The Morgan fingerprint density at radius 2 is 2.04 bits per heavy atom. The van der Waals surface area contributed by atoms with Crippen molar-refractivity contribution in [2.75, 3.05) is 11.9 Å².